The van der Waals surface area contributed by atoms with Gasteiger partial charge in [-0.25, -0.2) is 0 Å². The van der Waals surface area contributed by atoms with E-state index in [-0.39, 0.29) is 0 Å². The van der Waals surface area contributed by atoms with Gasteiger partial charge in [0.1, 0.15) is 5.75 Å². The minimum absolute atomic E-state index is 0.381. The average Bonchev–Trinajstić information content (AvgIpc) is 1.95. The van der Waals surface area contributed by atoms with Gasteiger partial charge in [0.2, 0.25) is 0 Å². The van der Waals surface area contributed by atoms with Crippen LogP contribution in [-0.2, 0) is 0 Å². The fourth-order valence-electron chi connectivity index (χ4n) is 0.716. The molecule has 0 aliphatic heterocycles. The minimum atomic E-state index is 0.381. The van der Waals surface area contributed by atoms with Crippen LogP contribution in [0.15, 0.2) is 23.1 Å². The standard InChI is InChI=1S/C8H10OS/c1-6-3-4-7(10-2)5-8(6)9/h3-5,9H,1-2H3. The number of rotatable bonds is 1. The van der Waals surface area contributed by atoms with Crippen molar-refractivity contribution in [3.63, 3.8) is 0 Å². The maximum Gasteiger partial charge on any atom is 0.119 e. The van der Waals surface area contributed by atoms with Crippen LogP contribution >= 0.6 is 11.8 Å². The van der Waals surface area contributed by atoms with E-state index in [4.69, 9.17) is 0 Å². The number of thioether (sulfide) groups is 1. The molecule has 0 aliphatic rings. The van der Waals surface area contributed by atoms with E-state index in [1.165, 1.54) is 0 Å². The largest absolute Gasteiger partial charge is 0.508 e. The Labute approximate surface area is 65.1 Å². The van der Waals surface area contributed by atoms with Crippen molar-refractivity contribution < 1.29 is 5.11 Å². The molecule has 2 heteroatoms. The van der Waals surface area contributed by atoms with Gasteiger partial charge in [0, 0.05) is 4.90 Å². The fraction of sp³-hybridized carbons (Fsp3) is 0.250. The molecule has 1 N–H and O–H groups in total. The molecule has 0 unspecified atom stereocenters. The first kappa shape index (κ1) is 7.48. The van der Waals surface area contributed by atoms with Crippen molar-refractivity contribution in [2.24, 2.45) is 0 Å². The summed E-state index contributed by atoms with van der Waals surface area (Å²) >= 11 is 1.63. The van der Waals surface area contributed by atoms with Gasteiger partial charge < -0.3 is 5.11 Å². The third kappa shape index (κ3) is 1.45. The molecule has 0 bridgehead atoms. The summed E-state index contributed by atoms with van der Waals surface area (Å²) in [6.07, 6.45) is 1.99. The van der Waals surface area contributed by atoms with Crippen LogP contribution in [0.25, 0.3) is 0 Å². The second-order valence-electron chi connectivity index (χ2n) is 2.15. The zero-order valence-corrected chi connectivity index (χ0v) is 6.90. The number of aryl methyl sites for hydroxylation is 1. The third-order valence-corrected chi connectivity index (χ3v) is 2.14. The highest BCUT2D eigenvalue weighted by Gasteiger charge is 1.95. The van der Waals surface area contributed by atoms with Crippen LogP contribution in [0.2, 0.25) is 0 Å². The van der Waals surface area contributed by atoms with E-state index < -0.39 is 0 Å². The lowest BCUT2D eigenvalue weighted by Crippen LogP contribution is -1.74. The lowest BCUT2D eigenvalue weighted by molar-refractivity contribution is 0.469. The Balaban J connectivity index is 3.04. The number of hydrogen-bond donors (Lipinski definition) is 1. The lowest BCUT2D eigenvalue weighted by atomic mass is 10.2. The molecule has 0 saturated carbocycles. The van der Waals surface area contributed by atoms with Crippen molar-refractivity contribution in [2.75, 3.05) is 6.26 Å². The molecule has 1 rings (SSSR count). The molecule has 1 aromatic carbocycles. The predicted molar refractivity (Wildman–Crippen MR) is 44.6 cm³/mol. The summed E-state index contributed by atoms with van der Waals surface area (Å²) < 4.78 is 0. The summed E-state index contributed by atoms with van der Waals surface area (Å²) in [5, 5.41) is 9.22. The Hall–Kier alpha value is -0.630. The highest BCUT2D eigenvalue weighted by molar-refractivity contribution is 7.98. The van der Waals surface area contributed by atoms with Gasteiger partial charge in [0.15, 0.2) is 0 Å². The molecule has 10 heavy (non-hydrogen) atoms. The highest BCUT2D eigenvalue weighted by atomic mass is 32.2. The summed E-state index contributed by atoms with van der Waals surface area (Å²) in [5.41, 5.74) is 0.929. The quantitative estimate of drug-likeness (QED) is 0.627. The molecule has 1 aromatic rings. The number of aromatic hydroxyl groups is 1. The number of phenols is 1. The molecule has 0 radical (unpaired) electrons. The summed E-state index contributed by atoms with van der Waals surface area (Å²) in [7, 11) is 0. The Kier molecular flexibility index (Phi) is 2.22. The molecule has 0 spiro atoms. The van der Waals surface area contributed by atoms with Crippen LogP contribution in [0.5, 0.6) is 5.75 Å². The van der Waals surface area contributed by atoms with Crippen molar-refractivity contribution in [3.05, 3.63) is 23.8 Å². The highest BCUT2D eigenvalue weighted by Crippen LogP contribution is 2.22. The monoisotopic (exact) mass is 154 g/mol. The SMILES string of the molecule is CSc1ccc(C)c(O)c1. The average molecular weight is 154 g/mol. The van der Waals surface area contributed by atoms with E-state index in [0.717, 1.165) is 10.5 Å². The van der Waals surface area contributed by atoms with Crippen molar-refractivity contribution in [1.29, 1.82) is 0 Å². The van der Waals surface area contributed by atoms with E-state index in [2.05, 4.69) is 0 Å². The van der Waals surface area contributed by atoms with Crippen LogP contribution in [0, 0.1) is 6.92 Å². The van der Waals surface area contributed by atoms with E-state index in [1.54, 1.807) is 17.8 Å². The van der Waals surface area contributed by atoms with Gasteiger partial charge in [-0.15, -0.1) is 11.8 Å². The van der Waals surface area contributed by atoms with E-state index in [9.17, 15) is 5.11 Å². The van der Waals surface area contributed by atoms with Gasteiger partial charge in [-0.2, -0.15) is 0 Å². The zero-order chi connectivity index (χ0) is 7.56. The number of hydrogen-bond acceptors (Lipinski definition) is 2. The third-order valence-electron chi connectivity index (χ3n) is 1.42. The molecular weight excluding hydrogens is 144 g/mol. The van der Waals surface area contributed by atoms with Gasteiger partial charge in [-0.3, -0.25) is 0 Å². The number of phenolic OH excluding ortho intramolecular Hbond substituents is 1. The van der Waals surface area contributed by atoms with Crippen LogP contribution in [-0.4, -0.2) is 11.4 Å². The van der Waals surface area contributed by atoms with Crippen molar-refractivity contribution in [2.45, 2.75) is 11.8 Å². The zero-order valence-electron chi connectivity index (χ0n) is 6.09. The van der Waals surface area contributed by atoms with E-state index in [1.807, 2.05) is 25.3 Å². The van der Waals surface area contributed by atoms with Gasteiger partial charge in [0.25, 0.3) is 0 Å². The van der Waals surface area contributed by atoms with Crippen LogP contribution in [0.1, 0.15) is 5.56 Å². The summed E-state index contributed by atoms with van der Waals surface area (Å²) in [6.45, 7) is 1.89. The van der Waals surface area contributed by atoms with Gasteiger partial charge in [0.05, 0.1) is 0 Å². The summed E-state index contributed by atoms with van der Waals surface area (Å²) in [6, 6.07) is 5.70. The molecule has 1 nitrogen and oxygen atoms in total. The smallest absolute Gasteiger partial charge is 0.119 e. The van der Waals surface area contributed by atoms with E-state index in [0.29, 0.717) is 5.75 Å². The lowest BCUT2D eigenvalue weighted by Gasteiger charge is -1.99. The van der Waals surface area contributed by atoms with E-state index >= 15 is 0 Å². The first-order valence-corrected chi connectivity index (χ1v) is 4.30. The fourth-order valence-corrected chi connectivity index (χ4v) is 1.15. The molecule has 0 heterocycles. The Bertz CT molecular complexity index is 233. The summed E-state index contributed by atoms with van der Waals surface area (Å²) in [4.78, 5) is 1.10. The topological polar surface area (TPSA) is 20.2 Å². The first-order chi connectivity index (χ1) is 4.74. The molecule has 0 atom stereocenters. The van der Waals surface area contributed by atoms with Crippen molar-refractivity contribution >= 4 is 11.8 Å². The molecule has 0 fully saturated rings. The number of benzene rings is 1. The first-order valence-electron chi connectivity index (χ1n) is 3.07. The van der Waals surface area contributed by atoms with Crippen LogP contribution < -0.4 is 0 Å². The summed E-state index contributed by atoms with van der Waals surface area (Å²) in [5.74, 6) is 0.381. The second kappa shape index (κ2) is 2.97. The maximum absolute atomic E-state index is 9.22. The maximum atomic E-state index is 9.22. The second-order valence-corrected chi connectivity index (χ2v) is 3.03. The molecule has 0 aliphatic carbocycles. The van der Waals surface area contributed by atoms with Gasteiger partial charge >= 0.3 is 0 Å². The Morgan fingerprint density at radius 1 is 1.40 bits per heavy atom. The van der Waals surface area contributed by atoms with Crippen molar-refractivity contribution in [3.8, 4) is 5.75 Å². The Morgan fingerprint density at radius 3 is 2.60 bits per heavy atom. The minimum Gasteiger partial charge on any atom is -0.508 e. The van der Waals surface area contributed by atoms with Crippen molar-refractivity contribution in [1.82, 2.24) is 0 Å². The van der Waals surface area contributed by atoms with Gasteiger partial charge in [-0.1, -0.05) is 6.07 Å². The molecule has 0 saturated heterocycles. The normalized spacial score (nSPS) is 9.80. The molecule has 0 aromatic heterocycles. The Morgan fingerprint density at radius 2 is 2.10 bits per heavy atom. The molecule has 54 valence electrons. The van der Waals surface area contributed by atoms with Crippen LogP contribution in [0.3, 0.4) is 0 Å². The van der Waals surface area contributed by atoms with Crippen LogP contribution in [0.4, 0.5) is 0 Å². The predicted octanol–water partition coefficient (Wildman–Crippen LogP) is 2.42. The van der Waals surface area contributed by atoms with Gasteiger partial charge in [-0.05, 0) is 30.9 Å². The molecular formula is C8H10OS. The molecule has 0 amide bonds.